The molecule has 7 nitrogen and oxygen atoms in total. The lowest BCUT2D eigenvalue weighted by molar-refractivity contribution is -0.0158. The lowest BCUT2D eigenvalue weighted by Crippen LogP contribution is -2.63. The van der Waals surface area contributed by atoms with Crippen LogP contribution in [-0.2, 0) is 11.8 Å². The number of aliphatic hydroxyl groups excluding tert-OH is 1. The van der Waals surface area contributed by atoms with Gasteiger partial charge in [-0.3, -0.25) is 4.98 Å². The van der Waals surface area contributed by atoms with Crippen LogP contribution in [0, 0.1) is 0 Å². The molecule has 7 heteroatoms. The van der Waals surface area contributed by atoms with Crippen molar-refractivity contribution in [2.24, 2.45) is 7.05 Å². The van der Waals surface area contributed by atoms with Crippen molar-refractivity contribution < 1.29 is 9.84 Å². The Bertz CT molecular complexity index is 629. The molecular formula is C14H21N5O2. The number of nitrogens with one attached hydrogen (secondary N) is 2. The van der Waals surface area contributed by atoms with Crippen LogP contribution in [0.3, 0.4) is 0 Å². The Morgan fingerprint density at radius 3 is 3.19 bits per heavy atom. The Hall–Kier alpha value is -1.70. The SMILES string of the molecule is C[C@@H]1COC[C@@](CO)(CNc2nc3cnccc3n2C)N1. The van der Waals surface area contributed by atoms with Crippen LogP contribution in [0.4, 0.5) is 5.95 Å². The van der Waals surface area contributed by atoms with Gasteiger partial charge in [0.2, 0.25) is 5.95 Å². The van der Waals surface area contributed by atoms with Gasteiger partial charge in [0.15, 0.2) is 0 Å². The van der Waals surface area contributed by atoms with Gasteiger partial charge in [0.05, 0.1) is 37.1 Å². The summed E-state index contributed by atoms with van der Waals surface area (Å²) < 4.78 is 7.55. The molecule has 0 bridgehead atoms. The van der Waals surface area contributed by atoms with E-state index in [0.717, 1.165) is 17.0 Å². The van der Waals surface area contributed by atoms with Crippen molar-refractivity contribution in [3.05, 3.63) is 18.5 Å². The third-order valence-electron chi connectivity index (χ3n) is 3.87. The van der Waals surface area contributed by atoms with Crippen LogP contribution in [0.2, 0.25) is 0 Å². The average Bonchev–Trinajstić information content (AvgIpc) is 2.82. The van der Waals surface area contributed by atoms with E-state index in [4.69, 9.17) is 4.74 Å². The van der Waals surface area contributed by atoms with Gasteiger partial charge in [0.25, 0.3) is 0 Å². The summed E-state index contributed by atoms with van der Waals surface area (Å²) in [5, 5.41) is 16.4. The predicted molar refractivity (Wildman–Crippen MR) is 80.2 cm³/mol. The van der Waals surface area contributed by atoms with Gasteiger partial charge in [-0.15, -0.1) is 0 Å². The molecule has 0 aromatic carbocycles. The number of anilines is 1. The third kappa shape index (κ3) is 2.72. The van der Waals surface area contributed by atoms with Crippen molar-refractivity contribution in [2.75, 3.05) is 31.7 Å². The van der Waals surface area contributed by atoms with Gasteiger partial charge in [-0.2, -0.15) is 0 Å². The number of aliphatic hydroxyl groups is 1. The van der Waals surface area contributed by atoms with Crippen LogP contribution in [0.1, 0.15) is 6.92 Å². The second-order valence-electron chi connectivity index (χ2n) is 5.71. The Morgan fingerprint density at radius 2 is 2.48 bits per heavy atom. The first-order valence-electron chi connectivity index (χ1n) is 7.10. The Kier molecular flexibility index (Phi) is 3.79. The lowest BCUT2D eigenvalue weighted by Gasteiger charge is -2.40. The standard InChI is InChI=1S/C14H21N5O2/c1-10-6-21-9-14(8-20,18-10)7-16-13-17-11-5-15-4-3-12(11)19(13)2/h3-5,10,18,20H,6-9H2,1-2H3,(H,16,17)/t10-,14+/m1/s1. The first kappa shape index (κ1) is 14.2. The average molecular weight is 291 g/mol. The van der Waals surface area contributed by atoms with E-state index in [2.05, 4.69) is 20.6 Å². The van der Waals surface area contributed by atoms with E-state index < -0.39 is 5.54 Å². The zero-order valence-corrected chi connectivity index (χ0v) is 12.3. The highest BCUT2D eigenvalue weighted by atomic mass is 16.5. The number of morpholine rings is 1. The number of hydrogen-bond donors (Lipinski definition) is 3. The molecule has 0 radical (unpaired) electrons. The summed E-state index contributed by atoms with van der Waals surface area (Å²) in [6.45, 7) is 3.74. The van der Waals surface area contributed by atoms with Gasteiger partial charge in [-0.25, -0.2) is 4.98 Å². The van der Waals surface area contributed by atoms with Gasteiger partial charge in [-0.1, -0.05) is 0 Å². The predicted octanol–water partition coefficient (Wildman–Crippen LogP) is 0.120. The molecule has 3 rings (SSSR count). The summed E-state index contributed by atoms with van der Waals surface area (Å²) in [5.41, 5.74) is 1.39. The fraction of sp³-hybridized carbons (Fsp3) is 0.571. The van der Waals surface area contributed by atoms with Crippen molar-refractivity contribution in [3.8, 4) is 0 Å². The van der Waals surface area contributed by atoms with Crippen LogP contribution >= 0.6 is 0 Å². The molecule has 1 aliphatic heterocycles. The number of ether oxygens (including phenoxy) is 1. The molecule has 1 aliphatic rings. The molecule has 0 unspecified atom stereocenters. The Balaban J connectivity index is 1.77. The fourth-order valence-electron chi connectivity index (χ4n) is 2.74. The van der Waals surface area contributed by atoms with Crippen molar-refractivity contribution in [3.63, 3.8) is 0 Å². The van der Waals surface area contributed by atoms with Gasteiger partial charge in [-0.05, 0) is 13.0 Å². The number of rotatable bonds is 4. The van der Waals surface area contributed by atoms with Crippen LogP contribution in [-0.4, -0.2) is 57.6 Å². The van der Waals surface area contributed by atoms with E-state index in [9.17, 15) is 5.11 Å². The maximum atomic E-state index is 9.73. The minimum Gasteiger partial charge on any atom is -0.394 e. The number of fused-ring (bicyclic) bond motifs is 1. The zero-order valence-electron chi connectivity index (χ0n) is 12.3. The molecule has 1 fully saturated rings. The van der Waals surface area contributed by atoms with Crippen molar-refractivity contribution in [2.45, 2.75) is 18.5 Å². The summed E-state index contributed by atoms with van der Waals surface area (Å²) in [6, 6.07) is 2.15. The van der Waals surface area contributed by atoms with E-state index >= 15 is 0 Å². The zero-order chi connectivity index (χ0) is 14.9. The second-order valence-corrected chi connectivity index (χ2v) is 5.71. The van der Waals surface area contributed by atoms with Gasteiger partial charge in [0, 0.05) is 25.8 Å². The van der Waals surface area contributed by atoms with Gasteiger partial charge in [0.1, 0.15) is 5.52 Å². The van der Waals surface area contributed by atoms with Crippen LogP contribution in [0.5, 0.6) is 0 Å². The number of imidazole rings is 1. The van der Waals surface area contributed by atoms with Crippen LogP contribution in [0.15, 0.2) is 18.5 Å². The Labute approximate surface area is 123 Å². The highest BCUT2D eigenvalue weighted by Gasteiger charge is 2.35. The Morgan fingerprint density at radius 1 is 1.62 bits per heavy atom. The van der Waals surface area contributed by atoms with E-state index in [1.165, 1.54) is 0 Å². The minimum absolute atomic E-state index is 0.00976. The number of aromatic nitrogens is 3. The number of aryl methyl sites for hydroxylation is 1. The quantitative estimate of drug-likeness (QED) is 0.742. The molecule has 2 aromatic heterocycles. The summed E-state index contributed by atoms with van der Waals surface area (Å²) in [5.74, 6) is 0.755. The summed E-state index contributed by atoms with van der Waals surface area (Å²) in [6.07, 6.45) is 3.49. The molecule has 2 atom stereocenters. The lowest BCUT2D eigenvalue weighted by atomic mass is 9.99. The van der Waals surface area contributed by atoms with Crippen LogP contribution in [0.25, 0.3) is 11.0 Å². The van der Waals surface area contributed by atoms with Gasteiger partial charge >= 0.3 is 0 Å². The molecule has 1 saturated heterocycles. The van der Waals surface area contributed by atoms with E-state index in [1.54, 1.807) is 12.4 Å². The maximum absolute atomic E-state index is 9.73. The molecule has 0 aliphatic carbocycles. The van der Waals surface area contributed by atoms with E-state index in [-0.39, 0.29) is 12.6 Å². The van der Waals surface area contributed by atoms with E-state index in [0.29, 0.717) is 19.8 Å². The fourth-order valence-corrected chi connectivity index (χ4v) is 2.74. The minimum atomic E-state index is -0.478. The van der Waals surface area contributed by atoms with E-state index in [1.807, 2.05) is 24.6 Å². The second kappa shape index (κ2) is 5.59. The highest BCUT2D eigenvalue weighted by molar-refractivity contribution is 5.77. The topological polar surface area (TPSA) is 84.2 Å². The summed E-state index contributed by atoms with van der Waals surface area (Å²) in [7, 11) is 1.96. The molecule has 0 spiro atoms. The molecule has 2 aromatic rings. The largest absolute Gasteiger partial charge is 0.394 e. The molecule has 21 heavy (non-hydrogen) atoms. The van der Waals surface area contributed by atoms with Gasteiger partial charge < -0.3 is 25.0 Å². The highest BCUT2D eigenvalue weighted by Crippen LogP contribution is 2.18. The van der Waals surface area contributed by atoms with Crippen molar-refractivity contribution in [1.82, 2.24) is 19.9 Å². The molecule has 3 N–H and O–H groups in total. The van der Waals surface area contributed by atoms with Crippen LogP contribution < -0.4 is 10.6 Å². The monoisotopic (exact) mass is 291 g/mol. The number of hydrogen-bond acceptors (Lipinski definition) is 6. The number of pyridine rings is 1. The molecular weight excluding hydrogens is 270 g/mol. The third-order valence-corrected chi connectivity index (χ3v) is 3.87. The van der Waals surface area contributed by atoms with Crippen molar-refractivity contribution in [1.29, 1.82) is 0 Å². The molecule has 0 amide bonds. The smallest absolute Gasteiger partial charge is 0.203 e. The molecule has 114 valence electrons. The van der Waals surface area contributed by atoms with Crippen molar-refractivity contribution >= 4 is 17.0 Å². The summed E-state index contributed by atoms with van der Waals surface area (Å²) in [4.78, 5) is 8.60. The first-order valence-corrected chi connectivity index (χ1v) is 7.10. The maximum Gasteiger partial charge on any atom is 0.203 e. The normalized spacial score (nSPS) is 26.1. The summed E-state index contributed by atoms with van der Waals surface area (Å²) >= 11 is 0. The molecule has 3 heterocycles. The number of nitrogens with zero attached hydrogens (tertiary/aromatic N) is 3. The molecule has 0 saturated carbocycles. The first-order chi connectivity index (χ1) is 10.1.